The van der Waals surface area contributed by atoms with Crippen molar-refractivity contribution in [1.29, 1.82) is 0 Å². The Balaban J connectivity index is 4.07. The first-order valence-corrected chi connectivity index (χ1v) is 31.3. The summed E-state index contributed by atoms with van der Waals surface area (Å²) in [5.74, 6) is -0.867. The SMILES string of the molecule is CC/C=C\C/C=C\C/C=C\C/C=C\C/C=C\CCCCCCCCCCCCCC(=O)OCC(COC(=O)CCCCCCCC)OC(=O)CCCCCCCCCCCCCCCCCCCCCCC. The first-order chi connectivity index (χ1) is 35.5. The van der Waals surface area contributed by atoms with Crippen LogP contribution in [0.5, 0.6) is 0 Å². The van der Waals surface area contributed by atoms with Crippen LogP contribution in [0.15, 0.2) is 60.8 Å². The zero-order chi connectivity index (χ0) is 52.2. The van der Waals surface area contributed by atoms with Gasteiger partial charge in [0.05, 0.1) is 0 Å². The fourth-order valence-electron chi connectivity index (χ4n) is 9.12. The van der Waals surface area contributed by atoms with Crippen LogP contribution in [0.4, 0.5) is 0 Å². The van der Waals surface area contributed by atoms with E-state index in [0.717, 1.165) is 89.9 Å². The van der Waals surface area contributed by atoms with Crippen LogP contribution < -0.4 is 0 Å². The molecule has 418 valence electrons. The summed E-state index contributed by atoms with van der Waals surface area (Å²) in [4.78, 5) is 38.0. The van der Waals surface area contributed by atoms with E-state index in [1.807, 2.05) is 0 Å². The molecule has 0 aliphatic heterocycles. The molecule has 6 heteroatoms. The molecule has 0 saturated heterocycles. The zero-order valence-electron chi connectivity index (χ0n) is 47.9. The molecule has 0 heterocycles. The largest absolute Gasteiger partial charge is 0.462 e. The number of esters is 3. The number of rotatable bonds is 57. The molecule has 0 fully saturated rings. The van der Waals surface area contributed by atoms with E-state index in [1.165, 1.54) is 193 Å². The molecule has 0 spiro atoms. The molecule has 72 heavy (non-hydrogen) atoms. The quantitative estimate of drug-likeness (QED) is 0.0261. The van der Waals surface area contributed by atoms with E-state index in [4.69, 9.17) is 14.2 Å². The van der Waals surface area contributed by atoms with Crippen LogP contribution in [0, 0.1) is 0 Å². The summed E-state index contributed by atoms with van der Waals surface area (Å²) < 4.78 is 16.8. The Labute approximate surface area is 447 Å². The summed E-state index contributed by atoms with van der Waals surface area (Å²) in [7, 11) is 0. The van der Waals surface area contributed by atoms with Gasteiger partial charge in [-0.25, -0.2) is 0 Å². The number of ether oxygens (including phenoxy) is 3. The number of carbonyl (C=O) groups is 3. The molecular weight excluding hydrogens is 889 g/mol. The minimum Gasteiger partial charge on any atom is -0.462 e. The molecule has 0 aromatic heterocycles. The van der Waals surface area contributed by atoms with Crippen molar-refractivity contribution in [3.05, 3.63) is 60.8 Å². The van der Waals surface area contributed by atoms with Crippen molar-refractivity contribution in [2.24, 2.45) is 0 Å². The first kappa shape index (κ1) is 69.1. The molecule has 0 aliphatic rings. The standard InChI is InChI=1S/C66H118O6/c1-4-7-10-13-16-18-20-22-24-26-28-30-31-32-33-34-35-37-38-40-42-44-46-48-50-53-56-59-65(68)71-62-63(61-70-64(67)58-55-52-15-12-9-6-3)72-66(69)60-57-54-51-49-47-45-43-41-39-36-29-27-25-23-21-19-17-14-11-8-5-2/h7,10,16,18,22,24,28,30,32-33,63H,4-6,8-9,11-15,17,19-21,23,25-27,29,31,34-62H2,1-3H3/b10-7-,18-16-,24-22-,30-28-,33-32-. The van der Waals surface area contributed by atoms with Gasteiger partial charge in [-0.3, -0.25) is 14.4 Å². The molecule has 0 aromatic rings. The maximum atomic E-state index is 12.8. The van der Waals surface area contributed by atoms with Gasteiger partial charge in [0.25, 0.3) is 0 Å². The Bertz CT molecular complexity index is 1290. The van der Waals surface area contributed by atoms with Crippen molar-refractivity contribution in [3.63, 3.8) is 0 Å². The maximum absolute atomic E-state index is 12.8. The van der Waals surface area contributed by atoms with Crippen LogP contribution in [0.3, 0.4) is 0 Å². The molecule has 1 unspecified atom stereocenters. The highest BCUT2D eigenvalue weighted by Crippen LogP contribution is 2.17. The van der Waals surface area contributed by atoms with E-state index >= 15 is 0 Å². The zero-order valence-corrected chi connectivity index (χ0v) is 47.9. The second-order valence-corrected chi connectivity index (χ2v) is 21.0. The van der Waals surface area contributed by atoms with Crippen molar-refractivity contribution in [2.45, 2.75) is 329 Å². The highest BCUT2D eigenvalue weighted by Gasteiger charge is 2.19. The van der Waals surface area contributed by atoms with Gasteiger partial charge in [0.15, 0.2) is 6.10 Å². The van der Waals surface area contributed by atoms with E-state index < -0.39 is 6.10 Å². The molecule has 0 amide bonds. The van der Waals surface area contributed by atoms with Crippen LogP contribution in [0.2, 0.25) is 0 Å². The third-order valence-electron chi connectivity index (χ3n) is 13.8. The van der Waals surface area contributed by atoms with Crippen molar-refractivity contribution < 1.29 is 28.6 Å². The van der Waals surface area contributed by atoms with Gasteiger partial charge in [0.2, 0.25) is 0 Å². The first-order valence-electron chi connectivity index (χ1n) is 31.3. The third-order valence-corrected chi connectivity index (χ3v) is 13.8. The molecule has 0 aliphatic carbocycles. The predicted octanol–water partition coefficient (Wildman–Crippen LogP) is 21.2. The van der Waals surface area contributed by atoms with Crippen molar-refractivity contribution in [1.82, 2.24) is 0 Å². The molecule has 0 saturated carbocycles. The van der Waals surface area contributed by atoms with Gasteiger partial charge in [0, 0.05) is 19.3 Å². The summed E-state index contributed by atoms with van der Waals surface area (Å²) in [6.45, 7) is 6.51. The average Bonchev–Trinajstić information content (AvgIpc) is 3.38. The van der Waals surface area contributed by atoms with Gasteiger partial charge in [-0.05, 0) is 64.2 Å². The van der Waals surface area contributed by atoms with E-state index in [1.54, 1.807) is 0 Å². The molecule has 1 atom stereocenters. The number of hydrogen-bond donors (Lipinski definition) is 0. The minimum atomic E-state index is -0.770. The smallest absolute Gasteiger partial charge is 0.306 e. The average molecular weight is 1010 g/mol. The Morgan fingerprint density at radius 2 is 0.542 bits per heavy atom. The van der Waals surface area contributed by atoms with Gasteiger partial charge < -0.3 is 14.2 Å². The molecule has 6 nitrogen and oxygen atoms in total. The summed E-state index contributed by atoms with van der Waals surface area (Å²) in [5.41, 5.74) is 0. The Kier molecular flexibility index (Phi) is 58.2. The second kappa shape index (κ2) is 60.7. The van der Waals surface area contributed by atoms with Crippen molar-refractivity contribution in [3.8, 4) is 0 Å². The lowest BCUT2D eigenvalue weighted by atomic mass is 10.0. The van der Waals surface area contributed by atoms with Gasteiger partial charge in [0.1, 0.15) is 13.2 Å². The summed E-state index contributed by atoms with van der Waals surface area (Å²) >= 11 is 0. The lowest BCUT2D eigenvalue weighted by Gasteiger charge is -2.18. The molecular formula is C66H118O6. The molecule has 0 bridgehead atoms. The van der Waals surface area contributed by atoms with Crippen LogP contribution in [0.1, 0.15) is 323 Å². The summed E-state index contributed by atoms with van der Waals surface area (Å²) in [5, 5.41) is 0. The number of carbonyl (C=O) groups excluding carboxylic acids is 3. The van der Waals surface area contributed by atoms with Crippen LogP contribution in [-0.4, -0.2) is 37.2 Å². The lowest BCUT2D eigenvalue weighted by Crippen LogP contribution is -2.30. The van der Waals surface area contributed by atoms with E-state index in [9.17, 15) is 14.4 Å². The van der Waals surface area contributed by atoms with Gasteiger partial charge in [-0.2, -0.15) is 0 Å². The molecule has 0 aromatic carbocycles. The van der Waals surface area contributed by atoms with Crippen LogP contribution >= 0.6 is 0 Å². The van der Waals surface area contributed by atoms with Crippen molar-refractivity contribution in [2.75, 3.05) is 13.2 Å². The van der Waals surface area contributed by atoms with Crippen molar-refractivity contribution >= 4 is 17.9 Å². The fraction of sp³-hybridized carbons (Fsp3) is 0.803. The van der Waals surface area contributed by atoms with Crippen LogP contribution in [0.25, 0.3) is 0 Å². The lowest BCUT2D eigenvalue weighted by molar-refractivity contribution is -0.167. The maximum Gasteiger partial charge on any atom is 0.306 e. The second-order valence-electron chi connectivity index (χ2n) is 21.0. The summed E-state index contributed by atoms with van der Waals surface area (Å²) in [6, 6.07) is 0. The number of hydrogen-bond acceptors (Lipinski definition) is 6. The number of allylic oxidation sites excluding steroid dienone is 10. The molecule has 0 N–H and O–H groups in total. The van der Waals surface area contributed by atoms with Gasteiger partial charge in [-0.1, -0.05) is 300 Å². The summed E-state index contributed by atoms with van der Waals surface area (Å²) in [6.07, 6.45) is 76.9. The van der Waals surface area contributed by atoms with E-state index in [0.29, 0.717) is 19.3 Å². The highest BCUT2D eigenvalue weighted by molar-refractivity contribution is 5.71. The normalized spacial score (nSPS) is 12.4. The monoisotopic (exact) mass is 1010 g/mol. The number of unbranched alkanes of at least 4 members (excludes halogenated alkanes) is 36. The van der Waals surface area contributed by atoms with E-state index in [-0.39, 0.29) is 31.1 Å². The third kappa shape index (κ3) is 58.0. The fourth-order valence-corrected chi connectivity index (χ4v) is 9.12. The Morgan fingerprint density at radius 3 is 0.847 bits per heavy atom. The van der Waals surface area contributed by atoms with E-state index in [2.05, 4.69) is 81.5 Å². The Morgan fingerprint density at radius 1 is 0.292 bits per heavy atom. The predicted molar refractivity (Wildman–Crippen MR) is 312 cm³/mol. The molecule has 0 radical (unpaired) electrons. The highest BCUT2D eigenvalue weighted by atomic mass is 16.6. The Hall–Kier alpha value is -2.89. The van der Waals surface area contributed by atoms with Crippen LogP contribution in [-0.2, 0) is 28.6 Å². The van der Waals surface area contributed by atoms with Gasteiger partial charge >= 0.3 is 17.9 Å². The topological polar surface area (TPSA) is 78.9 Å². The van der Waals surface area contributed by atoms with Gasteiger partial charge in [-0.15, -0.1) is 0 Å². The minimum absolute atomic E-state index is 0.0713. The molecule has 0 rings (SSSR count).